The zero-order valence-electron chi connectivity index (χ0n) is 5.46. The summed E-state index contributed by atoms with van der Waals surface area (Å²) < 4.78 is 0. The van der Waals surface area contributed by atoms with Gasteiger partial charge in [0, 0.05) is 12.6 Å². The van der Waals surface area contributed by atoms with Crippen LogP contribution in [0.4, 0.5) is 0 Å². The van der Waals surface area contributed by atoms with Crippen LogP contribution in [0.2, 0.25) is 0 Å². The molecule has 48 valence electrons. The normalized spacial score (nSPS) is 25.1. The van der Waals surface area contributed by atoms with E-state index in [0.29, 0.717) is 0 Å². The molecule has 0 aromatic rings. The van der Waals surface area contributed by atoms with Crippen molar-refractivity contribution in [2.45, 2.75) is 18.9 Å². The van der Waals surface area contributed by atoms with Gasteiger partial charge in [-0.15, -0.1) is 0 Å². The summed E-state index contributed by atoms with van der Waals surface area (Å²) in [4.78, 5) is 2.40. The summed E-state index contributed by atoms with van der Waals surface area (Å²) in [5.41, 5.74) is 0. The quantitative estimate of drug-likeness (QED) is 0.508. The molecule has 0 N–H and O–H groups in total. The van der Waals surface area contributed by atoms with Gasteiger partial charge in [0.05, 0.1) is 0 Å². The van der Waals surface area contributed by atoms with Gasteiger partial charge in [0.25, 0.3) is 0 Å². The molecule has 0 saturated heterocycles. The third-order valence-electron chi connectivity index (χ3n) is 1.86. The lowest BCUT2D eigenvalue weighted by atomic mass is 10.3. The SMILES string of the molecule is C1=CCN(C2CC2)C=C1. The Kier molecular flexibility index (Phi) is 1.08. The van der Waals surface area contributed by atoms with Crippen LogP contribution in [-0.4, -0.2) is 17.5 Å². The molecule has 0 atom stereocenters. The average Bonchev–Trinajstić information content (AvgIpc) is 2.71. The van der Waals surface area contributed by atoms with Crippen LogP contribution < -0.4 is 0 Å². The number of hydrogen-bond acceptors (Lipinski definition) is 1. The molecule has 1 aliphatic heterocycles. The van der Waals surface area contributed by atoms with Crippen molar-refractivity contribution in [3.8, 4) is 0 Å². The van der Waals surface area contributed by atoms with E-state index in [2.05, 4.69) is 29.3 Å². The topological polar surface area (TPSA) is 3.24 Å². The average molecular weight is 121 g/mol. The van der Waals surface area contributed by atoms with Crippen molar-refractivity contribution in [3.63, 3.8) is 0 Å². The fourth-order valence-corrected chi connectivity index (χ4v) is 1.16. The molecule has 1 nitrogen and oxygen atoms in total. The number of allylic oxidation sites excluding steroid dienone is 2. The van der Waals surface area contributed by atoms with Crippen molar-refractivity contribution < 1.29 is 0 Å². The molecule has 1 aliphatic carbocycles. The third kappa shape index (κ3) is 0.995. The summed E-state index contributed by atoms with van der Waals surface area (Å²) in [5, 5.41) is 0. The molecule has 9 heavy (non-hydrogen) atoms. The third-order valence-corrected chi connectivity index (χ3v) is 1.86. The van der Waals surface area contributed by atoms with Crippen LogP contribution in [-0.2, 0) is 0 Å². The van der Waals surface area contributed by atoms with E-state index < -0.39 is 0 Å². The Morgan fingerprint density at radius 1 is 1.22 bits per heavy atom. The molecule has 0 amide bonds. The Morgan fingerprint density at radius 2 is 2.11 bits per heavy atom. The first kappa shape index (κ1) is 5.10. The second kappa shape index (κ2) is 1.90. The maximum atomic E-state index is 2.40. The van der Waals surface area contributed by atoms with Crippen LogP contribution in [0.3, 0.4) is 0 Å². The van der Waals surface area contributed by atoms with Crippen LogP contribution in [0.1, 0.15) is 12.8 Å². The fourth-order valence-electron chi connectivity index (χ4n) is 1.16. The molecule has 1 heterocycles. The Labute approximate surface area is 55.7 Å². The van der Waals surface area contributed by atoms with Gasteiger partial charge in [-0.05, 0) is 25.1 Å². The van der Waals surface area contributed by atoms with E-state index in [-0.39, 0.29) is 0 Å². The van der Waals surface area contributed by atoms with Crippen LogP contribution in [0.5, 0.6) is 0 Å². The molecule has 0 radical (unpaired) electrons. The highest BCUT2D eigenvalue weighted by Gasteiger charge is 2.26. The van der Waals surface area contributed by atoms with E-state index in [1.54, 1.807) is 0 Å². The largest absolute Gasteiger partial charge is 0.371 e. The highest BCUT2D eigenvalue weighted by molar-refractivity contribution is 5.11. The molecule has 1 saturated carbocycles. The summed E-state index contributed by atoms with van der Waals surface area (Å²) in [7, 11) is 0. The molecule has 2 rings (SSSR count). The molecule has 2 aliphatic rings. The molecular formula is C8H11N. The number of hydrogen-bond donors (Lipinski definition) is 0. The van der Waals surface area contributed by atoms with E-state index in [1.807, 2.05) is 0 Å². The Balaban J connectivity index is 1.98. The lowest BCUT2D eigenvalue weighted by Crippen LogP contribution is -2.20. The minimum atomic E-state index is 0.881. The van der Waals surface area contributed by atoms with Crippen molar-refractivity contribution in [3.05, 3.63) is 24.4 Å². The zero-order valence-corrected chi connectivity index (χ0v) is 5.46. The lowest BCUT2D eigenvalue weighted by molar-refractivity contribution is 0.402. The first-order valence-electron chi connectivity index (χ1n) is 3.56. The summed E-state index contributed by atoms with van der Waals surface area (Å²) in [6.45, 7) is 1.13. The molecular weight excluding hydrogens is 110 g/mol. The molecule has 1 heteroatoms. The second-order valence-corrected chi connectivity index (χ2v) is 2.70. The fraction of sp³-hybridized carbons (Fsp3) is 0.500. The molecule has 0 spiro atoms. The van der Waals surface area contributed by atoms with Gasteiger partial charge in [-0.3, -0.25) is 0 Å². The van der Waals surface area contributed by atoms with Crippen LogP contribution in [0.25, 0.3) is 0 Å². The van der Waals surface area contributed by atoms with Crippen LogP contribution in [0.15, 0.2) is 24.4 Å². The standard InChI is InChI=1S/C8H11N/c1-2-6-9(7-3-1)8-4-5-8/h1-3,6,8H,4-5,7H2. The van der Waals surface area contributed by atoms with E-state index in [0.717, 1.165) is 12.6 Å². The first-order chi connectivity index (χ1) is 4.47. The minimum Gasteiger partial charge on any atom is -0.371 e. The monoisotopic (exact) mass is 121 g/mol. The maximum absolute atomic E-state index is 2.40. The van der Waals surface area contributed by atoms with Crippen molar-refractivity contribution >= 4 is 0 Å². The van der Waals surface area contributed by atoms with E-state index in [9.17, 15) is 0 Å². The van der Waals surface area contributed by atoms with Crippen LogP contribution in [0, 0.1) is 0 Å². The van der Waals surface area contributed by atoms with Gasteiger partial charge in [-0.25, -0.2) is 0 Å². The smallest absolute Gasteiger partial charge is 0.0360 e. The zero-order chi connectivity index (χ0) is 6.10. The van der Waals surface area contributed by atoms with Gasteiger partial charge in [-0.2, -0.15) is 0 Å². The van der Waals surface area contributed by atoms with E-state index in [4.69, 9.17) is 0 Å². The lowest BCUT2D eigenvalue weighted by Gasteiger charge is -2.19. The Hall–Kier alpha value is -0.720. The van der Waals surface area contributed by atoms with Crippen molar-refractivity contribution in [1.29, 1.82) is 0 Å². The summed E-state index contributed by atoms with van der Waals surface area (Å²) in [6.07, 6.45) is 11.4. The van der Waals surface area contributed by atoms with Crippen molar-refractivity contribution in [2.24, 2.45) is 0 Å². The Bertz CT molecular complexity index is 154. The predicted octanol–water partition coefficient (Wildman–Crippen LogP) is 1.53. The second-order valence-electron chi connectivity index (χ2n) is 2.70. The van der Waals surface area contributed by atoms with E-state index >= 15 is 0 Å². The van der Waals surface area contributed by atoms with Crippen molar-refractivity contribution in [1.82, 2.24) is 4.90 Å². The molecule has 1 fully saturated rings. The summed E-state index contributed by atoms with van der Waals surface area (Å²) in [6, 6.07) is 0.881. The highest BCUT2D eigenvalue weighted by atomic mass is 15.2. The van der Waals surface area contributed by atoms with Gasteiger partial charge in [-0.1, -0.05) is 12.2 Å². The van der Waals surface area contributed by atoms with Gasteiger partial charge < -0.3 is 4.90 Å². The molecule has 0 aromatic heterocycles. The molecule has 0 aromatic carbocycles. The summed E-state index contributed by atoms with van der Waals surface area (Å²) in [5.74, 6) is 0. The summed E-state index contributed by atoms with van der Waals surface area (Å²) >= 11 is 0. The molecule has 0 bridgehead atoms. The maximum Gasteiger partial charge on any atom is 0.0360 e. The molecule has 0 unspecified atom stereocenters. The van der Waals surface area contributed by atoms with Gasteiger partial charge in [0.1, 0.15) is 0 Å². The highest BCUT2D eigenvalue weighted by Crippen LogP contribution is 2.27. The first-order valence-corrected chi connectivity index (χ1v) is 3.56. The van der Waals surface area contributed by atoms with E-state index in [1.165, 1.54) is 12.8 Å². The predicted molar refractivity (Wildman–Crippen MR) is 38.0 cm³/mol. The van der Waals surface area contributed by atoms with Gasteiger partial charge in [0.15, 0.2) is 0 Å². The minimum absolute atomic E-state index is 0.881. The van der Waals surface area contributed by atoms with Crippen molar-refractivity contribution in [2.75, 3.05) is 6.54 Å². The number of nitrogens with zero attached hydrogens (tertiary/aromatic N) is 1. The van der Waals surface area contributed by atoms with Crippen LogP contribution >= 0.6 is 0 Å². The van der Waals surface area contributed by atoms with Gasteiger partial charge in [0.2, 0.25) is 0 Å². The Morgan fingerprint density at radius 3 is 2.67 bits per heavy atom. The number of rotatable bonds is 1. The van der Waals surface area contributed by atoms with Gasteiger partial charge >= 0.3 is 0 Å².